The third kappa shape index (κ3) is 3.83. The molecule has 0 N–H and O–H groups in total. The number of Topliss-reactive ketones (excluding diaryl/α,β-unsaturated/α-hetero) is 1. The van der Waals surface area contributed by atoms with Crippen molar-refractivity contribution in [2.24, 2.45) is 28.6 Å². The molecule has 0 aromatic rings. The Kier molecular flexibility index (Phi) is 6.71. The Labute approximate surface area is 197 Å². The standard InChI is InChI=1S/C27H38O6/c1-5-6-24(30)32-16-23(29)27(33-17-31-4)14-11-22-20-8-7-18-15-19(28)9-12-25(18,2)21(20)10-13-26(22,27)3/h9,12,15,20-22H,5-8,10-11,13-14,16-17H2,1-4H3/t20-,21+,22+,25+,26+,27+/m1/s1. The van der Waals surface area contributed by atoms with E-state index in [2.05, 4.69) is 19.9 Å². The quantitative estimate of drug-likeness (QED) is 0.392. The molecular weight excluding hydrogens is 420 g/mol. The molecule has 0 saturated heterocycles. The summed E-state index contributed by atoms with van der Waals surface area (Å²) < 4.78 is 16.8. The molecule has 0 bridgehead atoms. The number of esters is 1. The largest absolute Gasteiger partial charge is 0.458 e. The lowest BCUT2D eigenvalue weighted by Crippen LogP contribution is -2.59. The highest BCUT2D eigenvalue weighted by Crippen LogP contribution is 2.67. The Hall–Kier alpha value is -1.79. The fourth-order valence-corrected chi connectivity index (χ4v) is 7.67. The Morgan fingerprint density at radius 1 is 1.12 bits per heavy atom. The maximum Gasteiger partial charge on any atom is 0.306 e. The Morgan fingerprint density at radius 3 is 2.61 bits per heavy atom. The summed E-state index contributed by atoms with van der Waals surface area (Å²) in [5.41, 5.74) is -0.164. The van der Waals surface area contributed by atoms with Gasteiger partial charge in [-0.1, -0.05) is 32.4 Å². The number of carbonyl (C=O) groups is 3. The molecule has 0 heterocycles. The van der Waals surface area contributed by atoms with Crippen molar-refractivity contribution >= 4 is 17.5 Å². The summed E-state index contributed by atoms with van der Waals surface area (Å²) in [5, 5.41) is 0. The third-order valence-corrected chi connectivity index (χ3v) is 9.37. The fourth-order valence-electron chi connectivity index (χ4n) is 7.67. The smallest absolute Gasteiger partial charge is 0.306 e. The third-order valence-electron chi connectivity index (χ3n) is 9.37. The van der Waals surface area contributed by atoms with E-state index in [4.69, 9.17) is 14.2 Å². The van der Waals surface area contributed by atoms with Crippen molar-refractivity contribution in [1.82, 2.24) is 0 Å². The van der Waals surface area contributed by atoms with Crippen LogP contribution in [0.3, 0.4) is 0 Å². The van der Waals surface area contributed by atoms with Crippen molar-refractivity contribution in [3.05, 3.63) is 23.8 Å². The van der Waals surface area contributed by atoms with Crippen molar-refractivity contribution in [2.45, 2.75) is 77.7 Å². The molecule has 0 amide bonds. The monoisotopic (exact) mass is 458 g/mol. The SMILES string of the molecule is CCCC(=O)OCC(=O)[C@@]1(OCOC)CC[C@H]2[C@@H]3CCC4=CC(=O)C=C[C@]4(C)[C@H]3CC[C@@]21C. The highest BCUT2D eigenvalue weighted by atomic mass is 16.7. The van der Waals surface area contributed by atoms with Gasteiger partial charge in [0.25, 0.3) is 0 Å². The summed E-state index contributed by atoms with van der Waals surface area (Å²) in [5.74, 6) is 0.876. The summed E-state index contributed by atoms with van der Waals surface area (Å²) in [7, 11) is 1.57. The van der Waals surface area contributed by atoms with E-state index in [0.29, 0.717) is 37.0 Å². The first kappa shape index (κ1) is 24.3. The number of hydrogen-bond acceptors (Lipinski definition) is 6. The van der Waals surface area contributed by atoms with Crippen LogP contribution in [0.2, 0.25) is 0 Å². The first-order valence-corrected chi connectivity index (χ1v) is 12.5. The lowest BCUT2D eigenvalue weighted by atomic mass is 9.47. The lowest BCUT2D eigenvalue weighted by Gasteiger charge is -2.58. The lowest BCUT2D eigenvalue weighted by molar-refractivity contribution is -0.204. The van der Waals surface area contributed by atoms with Gasteiger partial charge in [-0.15, -0.1) is 0 Å². The van der Waals surface area contributed by atoms with E-state index in [-0.39, 0.29) is 41.8 Å². The van der Waals surface area contributed by atoms with Gasteiger partial charge in [0.15, 0.2) is 12.4 Å². The van der Waals surface area contributed by atoms with E-state index >= 15 is 0 Å². The molecule has 0 aromatic carbocycles. The van der Waals surface area contributed by atoms with Gasteiger partial charge >= 0.3 is 5.97 Å². The number of allylic oxidation sites excluding steroid dienone is 4. The highest BCUT2D eigenvalue weighted by molar-refractivity contribution is 6.01. The van der Waals surface area contributed by atoms with Crippen LogP contribution >= 0.6 is 0 Å². The van der Waals surface area contributed by atoms with Gasteiger partial charge in [-0.25, -0.2) is 0 Å². The molecule has 0 aliphatic heterocycles. The van der Waals surface area contributed by atoms with Gasteiger partial charge in [0.1, 0.15) is 12.4 Å². The maximum absolute atomic E-state index is 13.6. The molecule has 3 saturated carbocycles. The second-order valence-corrected chi connectivity index (χ2v) is 10.8. The Bertz CT molecular complexity index is 874. The molecule has 33 heavy (non-hydrogen) atoms. The number of methoxy groups -OCH3 is 1. The van der Waals surface area contributed by atoms with Crippen LogP contribution in [0.4, 0.5) is 0 Å². The minimum Gasteiger partial charge on any atom is -0.458 e. The molecule has 3 fully saturated rings. The summed E-state index contributed by atoms with van der Waals surface area (Å²) in [4.78, 5) is 37.6. The summed E-state index contributed by atoms with van der Waals surface area (Å²) >= 11 is 0. The molecule has 0 spiro atoms. The Morgan fingerprint density at radius 2 is 1.88 bits per heavy atom. The average molecular weight is 459 g/mol. The topological polar surface area (TPSA) is 78.9 Å². The second-order valence-electron chi connectivity index (χ2n) is 10.8. The van der Waals surface area contributed by atoms with Crippen molar-refractivity contribution in [1.29, 1.82) is 0 Å². The Balaban J connectivity index is 1.61. The predicted octanol–water partition coefficient (Wildman–Crippen LogP) is 4.57. The van der Waals surface area contributed by atoms with Crippen LogP contribution < -0.4 is 0 Å². The summed E-state index contributed by atoms with van der Waals surface area (Å²) in [6.07, 6.45) is 12.0. The first-order valence-electron chi connectivity index (χ1n) is 12.5. The molecule has 182 valence electrons. The van der Waals surface area contributed by atoms with Gasteiger partial charge in [0.2, 0.25) is 5.78 Å². The number of ether oxygens (including phenoxy) is 3. The number of rotatable bonds is 8. The number of hydrogen-bond donors (Lipinski definition) is 0. The zero-order valence-electron chi connectivity index (χ0n) is 20.5. The number of fused-ring (bicyclic) bond motifs is 5. The molecule has 0 unspecified atom stereocenters. The van der Waals surface area contributed by atoms with Gasteiger partial charge in [-0.3, -0.25) is 14.4 Å². The second kappa shape index (κ2) is 9.10. The van der Waals surface area contributed by atoms with E-state index in [1.807, 2.05) is 13.0 Å². The van der Waals surface area contributed by atoms with E-state index in [9.17, 15) is 14.4 Å². The normalized spacial score (nSPS) is 39.3. The molecule has 6 atom stereocenters. The molecule has 4 aliphatic rings. The maximum atomic E-state index is 13.6. The van der Waals surface area contributed by atoms with Gasteiger partial charge in [0.05, 0.1) is 0 Å². The van der Waals surface area contributed by atoms with Crippen LogP contribution in [0.25, 0.3) is 0 Å². The van der Waals surface area contributed by atoms with Crippen LogP contribution in [-0.2, 0) is 28.6 Å². The van der Waals surface area contributed by atoms with Crippen molar-refractivity contribution in [3.8, 4) is 0 Å². The van der Waals surface area contributed by atoms with Gasteiger partial charge < -0.3 is 14.2 Å². The minimum atomic E-state index is -0.999. The molecule has 4 aliphatic carbocycles. The highest BCUT2D eigenvalue weighted by Gasteiger charge is 2.67. The molecule has 0 radical (unpaired) electrons. The van der Waals surface area contributed by atoms with Gasteiger partial charge in [0, 0.05) is 24.4 Å². The minimum absolute atomic E-state index is 0.0422. The van der Waals surface area contributed by atoms with Crippen molar-refractivity contribution in [2.75, 3.05) is 20.5 Å². The first-order chi connectivity index (χ1) is 15.7. The molecule has 6 heteroatoms. The van der Waals surface area contributed by atoms with E-state index in [0.717, 1.165) is 32.1 Å². The number of carbonyl (C=O) groups excluding carboxylic acids is 3. The van der Waals surface area contributed by atoms with Crippen LogP contribution in [0.5, 0.6) is 0 Å². The average Bonchev–Trinajstić information content (AvgIpc) is 3.10. The van der Waals surface area contributed by atoms with Gasteiger partial charge in [-0.2, -0.15) is 0 Å². The summed E-state index contributed by atoms with van der Waals surface area (Å²) in [6.45, 7) is 6.20. The predicted molar refractivity (Wildman–Crippen MR) is 123 cm³/mol. The molecule has 0 aromatic heterocycles. The number of ketones is 2. The zero-order valence-corrected chi connectivity index (χ0v) is 20.5. The zero-order chi connectivity index (χ0) is 23.9. The van der Waals surface area contributed by atoms with E-state index < -0.39 is 5.60 Å². The van der Waals surface area contributed by atoms with Crippen molar-refractivity contribution < 1.29 is 28.6 Å². The van der Waals surface area contributed by atoms with Crippen LogP contribution in [0.15, 0.2) is 23.8 Å². The molecule has 4 rings (SSSR count). The van der Waals surface area contributed by atoms with Gasteiger partial charge in [-0.05, 0) is 74.9 Å². The fraction of sp³-hybridized carbons (Fsp3) is 0.741. The van der Waals surface area contributed by atoms with Crippen LogP contribution in [0.1, 0.15) is 72.1 Å². The van der Waals surface area contributed by atoms with Crippen LogP contribution in [0, 0.1) is 28.6 Å². The van der Waals surface area contributed by atoms with Crippen LogP contribution in [-0.4, -0.2) is 43.6 Å². The van der Waals surface area contributed by atoms with Crippen molar-refractivity contribution in [3.63, 3.8) is 0 Å². The molecular formula is C27H38O6. The summed E-state index contributed by atoms with van der Waals surface area (Å²) in [6, 6.07) is 0. The van der Waals surface area contributed by atoms with E-state index in [1.54, 1.807) is 13.2 Å². The molecule has 6 nitrogen and oxygen atoms in total. The van der Waals surface area contributed by atoms with E-state index in [1.165, 1.54) is 5.57 Å².